The van der Waals surface area contributed by atoms with Crippen molar-refractivity contribution in [3.8, 4) is 0 Å². The molecule has 0 bridgehead atoms. The number of aliphatic carboxylic acids is 1. The molecule has 6 amide bonds. The Kier molecular flexibility index (Phi) is 8.62. The molecule has 1 aromatic carbocycles. The first-order chi connectivity index (χ1) is 17.0. The van der Waals surface area contributed by atoms with Gasteiger partial charge < -0.3 is 21.6 Å². The number of carbonyl (C=O) groups is 6. The summed E-state index contributed by atoms with van der Waals surface area (Å²) in [7, 11) is 0. The number of carbonyl (C=O) groups excluding carboxylic acids is 5. The van der Waals surface area contributed by atoms with Crippen LogP contribution in [0.15, 0.2) is 30.3 Å². The molecule has 14 heteroatoms. The number of amides is 6. The Bertz CT molecular complexity index is 1140. The summed E-state index contributed by atoms with van der Waals surface area (Å²) < 4.78 is -0.770. The quantitative estimate of drug-likeness (QED) is 0.221. The maximum absolute atomic E-state index is 13.4. The number of piperazine rings is 1. The smallest absolute Gasteiger partial charge is 1.00 e. The van der Waals surface area contributed by atoms with E-state index in [1.54, 1.807) is 51.1 Å². The minimum Gasteiger partial charge on any atom is -1.00 e. The van der Waals surface area contributed by atoms with Crippen molar-refractivity contribution in [3.05, 3.63) is 30.3 Å². The second kappa shape index (κ2) is 11.0. The number of fused-ring (bicyclic) bond motifs is 1. The number of thioether (sulfide) groups is 1. The van der Waals surface area contributed by atoms with Gasteiger partial charge in [0.25, 0.3) is 5.91 Å². The Morgan fingerprint density at radius 2 is 1.78 bits per heavy atom. The molecule has 0 saturated carbocycles. The van der Waals surface area contributed by atoms with Gasteiger partial charge in [-0.2, -0.15) is 0 Å². The Labute approximate surface area is 241 Å². The van der Waals surface area contributed by atoms with E-state index >= 15 is 0 Å². The van der Waals surface area contributed by atoms with Crippen molar-refractivity contribution in [2.24, 2.45) is 0 Å². The third-order valence-electron chi connectivity index (χ3n) is 6.55. The van der Waals surface area contributed by atoms with Crippen LogP contribution in [-0.4, -0.2) is 104 Å². The number of β-lactam (4-membered cyclic amide) rings is 1. The first kappa shape index (κ1) is 29.0. The number of rotatable bonds is 6. The number of para-hydroxylation sites is 1. The first-order valence-corrected chi connectivity index (χ1v) is 12.4. The van der Waals surface area contributed by atoms with Crippen LogP contribution in [0.3, 0.4) is 0 Å². The summed E-state index contributed by atoms with van der Waals surface area (Å²) >= 11 is 1.30. The van der Waals surface area contributed by atoms with Crippen LogP contribution in [0.2, 0.25) is 0 Å². The summed E-state index contributed by atoms with van der Waals surface area (Å²) in [4.78, 5) is 80.0. The van der Waals surface area contributed by atoms with Crippen LogP contribution in [0, 0.1) is 0 Å². The molecule has 0 spiro atoms. The SMILES string of the molecule is CCN1CCN(C(=O)NCC(=O)N(c2ccccc2)[C@@H]2C(=O)N3[C@@H]2SC(C)(C)[C@@H]3C(=O)O)C(=O)C1=O.[H-].[Na+]. The number of nitrogens with one attached hydrogen (secondary N) is 1. The molecule has 0 aliphatic carbocycles. The molecule has 3 heterocycles. The molecule has 0 radical (unpaired) electrons. The minimum absolute atomic E-state index is 0. The van der Waals surface area contributed by atoms with Gasteiger partial charge in [-0.05, 0) is 32.9 Å². The Balaban J connectivity index is 0.00000253. The molecule has 0 unspecified atom stereocenters. The fourth-order valence-corrected chi connectivity index (χ4v) is 6.45. The van der Waals surface area contributed by atoms with Gasteiger partial charge in [-0.1, -0.05) is 18.2 Å². The van der Waals surface area contributed by atoms with Crippen LogP contribution in [0.5, 0.6) is 0 Å². The predicted octanol–water partition coefficient (Wildman–Crippen LogP) is -2.95. The molecule has 1 aromatic rings. The average molecular weight is 542 g/mol. The summed E-state index contributed by atoms with van der Waals surface area (Å²) in [6, 6.07) is 5.54. The maximum Gasteiger partial charge on any atom is 1.00 e. The van der Waals surface area contributed by atoms with E-state index in [1.807, 2.05) is 0 Å². The molecule has 3 atom stereocenters. The van der Waals surface area contributed by atoms with Crippen molar-refractivity contribution in [3.63, 3.8) is 0 Å². The van der Waals surface area contributed by atoms with E-state index in [1.165, 1.54) is 26.5 Å². The van der Waals surface area contributed by atoms with E-state index in [4.69, 9.17) is 0 Å². The third kappa shape index (κ3) is 5.09. The number of likely N-dealkylation sites (N-methyl/N-ethyl adjacent to an activating group) is 1. The monoisotopic (exact) mass is 541 g/mol. The standard InChI is InChI=1S/C23H27N5O7S.Na.H/c1-4-25-10-11-26(19(32)18(25)31)22(35)24-12-14(29)27(13-8-6-5-7-9-13)15-17(30)28-16(21(33)34)23(2,3)36-20(15)28;;/h5-9,15-16,20H,4,10-12H2,1-3H3,(H,24,35)(H,33,34);;/q;+1;-1/t15-,16+,20-;;/m1../s1. The molecule has 194 valence electrons. The number of carboxylic acids is 1. The zero-order chi connectivity index (χ0) is 26.4. The van der Waals surface area contributed by atoms with Crippen molar-refractivity contribution < 1.29 is 64.9 Å². The summed E-state index contributed by atoms with van der Waals surface area (Å²) in [5.41, 5.74) is 0.412. The van der Waals surface area contributed by atoms with Crippen LogP contribution in [-0.2, 0) is 24.0 Å². The van der Waals surface area contributed by atoms with Gasteiger partial charge in [0.1, 0.15) is 17.5 Å². The maximum atomic E-state index is 13.4. The molecule has 0 aromatic heterocycles. The second-order valence-corrected chi connectivity index (χ2v) is 10.9. The van der Waals surface area contributed by atoms with E-state index in [9.17, 15) is 33.9 Å². The zero-order valence-corrected chi connectivity index (χ0v) is 23.9. The van der Waals surface area contributed by atoms with Crippen LogP contribution in [0.4, 0.5) is 10.5 Å². The number of urea groups is 1. The number of hydrogen-bond acceptors (Lipinski definition) is 7. The van der Waals surface area contributed by atoms with Crippen LogP contribution < -0.4 is 39.8 Å². The van der Waals surface area contributed by atoms with E-state index in [0.717, 1.165) is 4.90 Å². The second-order valence-electron chi connectivity index (χ2n) is 9.14. The van der Waals surface area contributed by atoms with Crippen molar-refractivity contribution >= 4 is 53.1 Å². The van der Waals surface area contributed by atoms with Crippen molar-refractivity contribution in [1.82, 2.24) is 20.0 Å². The van der Waals surface area contributed by atoms with Crippen LogP contribution in [0.1, 0.15) is 22.2 Å². The Morgan fingerprint density at radius 3 is 2.38 bits per heavy atom. The van der Waals surface area contributed by atoms with Crippen molar-refractivity contribution in [1.29, 1.82) is 0 Å². The van der Waals surface area contributed by atoms with Gasteiger partial charge >= 0.3 is 53.4 Å². The number of imide groups is 1. The molecule has 2 N–H and O–H groups in total. The van der Waals surface area contributed by atoms with Gasteiger partial charge in [-0.25, -0.2) is 9.59 Å². The molecule has 3 aliphatic heterocycles. The summed E-state index contributed by atoms with van der Waals surface area (Å²) in [5.74, 6) is -3.98. The Morgan fingerprint density at radius 1 is 1.14 bits per heavy atom. The molecule has 3 fully saturated rings. The first-order valence-electron chi connectivity index (χ1n) is 11.5. The normalized spacial score (nSPS) is 24.1. The summed E-state index contributed by atoms with van der Waals surface area (Å²) in [6.45, 7) is 5.22. The van der Waals surface area contributed by atoms with Gasteiger partial charge in [0.15, 0.2) is 0 Å². The van der Waals surface area contributed by atoms with Crippen molar-refractivity contribution in [2.45, 2.75) is 43.0 Å². The van der Waals surface area contributed by atoms with E-state index in [0.29, 0.717) is 12.2 Å². The molecular formula is C23H28N5NaO7S. The van der Waals surface area contributed by atoms with Gasteiger partial charge in [-0.15, -0.1) is 11.8 Å². The number of benzene rings is 1. The Hall–Kier alpha value is -2.61. The molecule has 37 heavy (non-hydrogen) atoms. The van der Waals surface area contributed by atoms with E-state index in [-0.39, 0.29) is 44.1 Å². The largest absolute Gasteiger partial charge is 1.00 e. The topological polar surface area (TPSA) is 148 Å². The van der Waals surface area contributed by atoms with Gasteiger partial charge in [0.2, 0.25) is 5.91 Å². The van der Waals surface area contributed by atoms with Crippen LogP contribution in [0.25, 0.3) is 0 Å². The molecular weight excluding hydrogens is 513 g/mol. The van der Waals surface area contributed by atoms with Gasteiger partial charge in [0.05, 0.1) is 6.54 Å². The predicted molar refractivity (Wildman–Crippen MR) is 130 cm³/mol. The molecule has 4 rings (SSSR count). The number of anilines is 1. The van der Waals surface area contributed by atoms with E-state index in [2.05, 4.69) is 5.32 Å². The summed E-state index contributed by atoms with van der Waals surface area (Å²) in [6.07, 6.45) is 0. The number of nitrogens with zero attached hydrogens (tertiary/aromatic N) is 4. The molecule has 12 nitrogen and oxygen atoms in total. The molecule has 3 aliphatic rings. The van der Waals surface area contributed by atoms with E-state index < -0.39 is 64.4 Å². The fraction of sp³-hybridized carbons (Fsp3) is 0.478. The number of hydrogen-bond donors (Lipinski definition) is 2. The fourth-order valence-electron chi connectivity index (χ4n) is 4.78. The summed E-state index contributed by atoms with van der Waals surface area (Å²) in [5, 5.41) is 11.5. The zero-order valence-electron chi connectivity index (χ0n) is 22.0. The van der Waals surface area contributed by atoms with Crippen LogP contribution >= 0.6 is 11.8 Å². The van der Waals surface area contributed by atoms with Gasteiger partial charge in [0, 0.05) is 30.1 Å². The third-order valence-corrected chi connectivity index (χ3v) is 8.11. The minimum atomic E-state index is -1.12. The molecule has 3 saturated heterocycles. The van der Waals surface area contributed by atoms with Gasteiger partial charge in [-0.3, -0.25) is 29.0 Å². The van der Waals surface area contributed by atoms with Crippen molar-refractivity contribution in [2.75, 3.05) is 31.1 Å². The number of carboxylic acid groups (broad SMARTS) is 1. The average Bonchev–Trinajstić information content (AvgIpc) is 3.10.